The summed E-state index contributed by atoms with van der Waals surface area (Å²) in [6, 6.07) is -0.658. The maximum absolute atomic E-state index is 11.7. The molecule has 0 saturated heterocycles. The highest BCUT2D eigenvalue weighted by Gasteiger charge is 2.12. The van der Waals surface area contributed by atoms with Crippen molar-refractivity contribution >= 4 is 15.8 Å². The number of ether oxygens (including phenoxy) is 1. The van der Waals surface area contributed by atoms with Crippen LogP contribution in [-0.4, -0.2) is 38.5 Å². The van der Waals surface area contributed by atoms with Crippen LogP contribution in [0.1, 0.15) is 58.8 Å². The van der Waals surface area contributed by atoms with E-state index in [1.54, 1.807) is 0 Å². The standard InChI is InChI=1S/C14H29NO4S/c1-3-4-5-6-7-8-11-20(17,18)12-9-10-19-14(16)13(2)15/h13H,3-12,15H2,1-2H3/t13-/m0/s1. The van der Waals surface area contributed by atoms with Crippen LogP contribution in [0.2, 0.25) is 0 Å². The zero-order valence-corrected chi connectivity index (χ0v) is 13.6. The molecule has 0 fully saturated rings. The predicted octanol–water partition coefficient (Wildman–Crippen LogP) is 2.04. The molecule has 0 aromatic heterocycles. The Labute approximate surface area is 123 Å². The van der Waals surface area contributed by atoms with Crippen LogP contribution < -0.4 is 5.73 Å². The third-order valence-corrected chi connectivity index (χ3v) is 4.85. The number of carbonyl (C=O) groups is 1. The van der Waals surface area contributed by atoms with Crippen molar-refractivity contribution < 1.29 is 17.9 Å². The van der Waals surface area contributed by atoms with Crippen molar-refractivity contribution in [3.05, 3.63) is 0 Å². The number of esters is 1. The molecule has 0 bridgehead atoms. The molecule has 5 nitrogen and oxygen atoms in total. The van der Waals surface area contributed by atoms with Crippen molar-refractivity contribution in [1.29, 1.82) is 0 Å². The molecule has 2 N–H and O–H groups in total. The molecule has 0 amide bonds. The summed E-state index contributed by atoms with van der Waals surface area (Å²) in [5.41, 5.74) is 5.33. The Morgan fingerprint density at radius 2 is 1.60 bits per heavy atom. The van der Waals surface area contributed by atoms with Crippen molar-refractivity contribution in [3.63, 3.8) is 0 Å². The van der Waals surface area contributed by atoms with E-state index in [4.69, 9.17) is 10.5 Å². The first-order valence-electron chi connectivity index (χ1n) is 7.51. The molecule has 0 heterocycles. The minimum absolute atomic E-state index is 0.0776. The van der Waals surface area contributed by atoms with E-state index in [-0.39, 0.29) is 18.1 Å². The average Bonchev–Trinajstić information content (AvgIpc) is 2.38. The van der Waals surface area contributed by atoms with Gasteiger partial charge in [-0.25, -0.2) is 8.42 Å². The number of rotatable bonds is 12. The Balaban J connectivity index is 3.62. The second kappa shape index (κ2) is 11.1. The average molecular weight is 307 g/mol. The van der Waals surface area contributed by atoms with Gasteiger partial charge >= 0.3 is 5.97 Å². The molecule has 20 heavy (non-hydrogen) atoms. The van der Waals surface area contributed by atoms with Crippen molar-refractivity contribution in [2.45, 2.75) is 64.8 Å². The molecule has 0 aromatic carbocycles. The number of nitrogens with two attached hydrogens (primary N) is 1. The number of hydrogen-bond donors (Lipinski definition) is 1. The first-order valence-corrected chi connectivity index (χ1v) is 9.34. The maximum Gasteiger partial charge on any atom is 0.322 e. The van der Waals surface area contributed by atoms with Crippen molar-refractivity contribution in [1.82, 2.24) is 0 Å². The third-order valence-electron chi connectivity index (χ3n) is 3.02. The van der Waals surface area contributed by atoms with Crippen LogP contribution in [0.5, 0.6) is 0 Å². The minimum Gasteiger partial charge on any atom is -0.465 e. The van der Waals surface area contributed by atoms with Crippen LogP contribution in [-0.2, 0) is 19.4 Å². The molecule has 0 aliphatic rings. The first-order chi connectivity index (χ1) is 9.39. The molecule has 0 aromatic rings. The van der Waals surface area contributed by atoms with Gasteiger partial charge < -0.3 is 10.5 Å². The van der Waals surface area contributed by atoms with Crippen molar-refractivity contribution in [2.24, 2.45) is 5.73 Å². The molecular formula is C14H29NO4S. The molecule has 0 spiro atoms. The van der Waals surface area contributed by atoms with Crippen LogP contribution >= 0.6 is 0 Å². The van der Waals surface area contributed by atoms with E-state index in [1.165, 1.54) is 26.2 Å². The van der Waals surface area contributed by atoms with Gasteiger partial charge in [0.2, 0.25) is 0 Å². The number of carbonyl (C=O) groups excluding carboxylic acids is 1. The van der Waals surface area contributed by atoms with Gasteiger partial charge in [0, 0.05) is 0 Å². The molecular weight excluding hydrogens is 278 g/mol. The van der Waals surface area contributed by atoms with E-state index < -0.39 is 21.8 Å². The zero-order chi connectivity index (χ0) is 15.4. The van der Waals surface area contributed by atoms with Gasteiger partial charge in [0.15, 0.2) is 0 Å². The molecule has 0 aliphatic carbocycles. The fraction of sp³-hybridized carbons (Fsp3) is 0.929. The lowest BCUT2D eigenvalue weighted by Crippen LogP contribution is -2.29. The maximum atomic E-state index is 11.7. The van der Waals surface area contributed by atoms with E-state index in [1.807, 2.05) is 0 Å². The smallest absolute Gasteiger partial charge is 0.322 e. The fourth-order valence-electron chi connectivity index (χ4n) is 1.79. The van der Waals surface area contributed by atoms with Gasteiger partial charge in [-0.3, -0.25) is 4.79 Å². The van der Waals surface area contributed by atoms with E-state index in [0.29, 0.717) is 6.42 Å². The summed E-state index contributed by atoms with van der Waals surface area (Å²) in [4.78, 5) is 11.1. The summed E-state index contributed by atoms with van der Waals surface area (Å²) in [6.07, 6.45) is 6.75. The van der Waals surface area contributed by atoms with Crippen LogP contribution in [0.4, 0.5) is 0 Å². The minimum atomic E-state index is -3.02. The van der Waals surface area contributed by atoms with Gasteiger partial charge in [-0.15, -0.1) is 0 Å². The molecule has 6 heteroatoms. The normalized spacial score (nSPS) is 13.2. The Kier molecular flexibility index (Phi) is 10.7. The van der Waals surface area contributed by atoms with Gasteiger partial charge in [-0.05, 0) is 19.8 Å². The van der Waals surface area contributed by atoms with E-state index in [2.05, 4.69) is 6.92 Å². The molecule has 0 unspecified atom stereocenters. The Morgan fingerprint density at radius 3 is 2.20 bits per heavy atom. The van der Waals surface area contributed by atoms with Gasteiger partial charge in [-0.2, -0.15) is 0 Å². The summed E-state index contributed by atoms with van der Waals surface area (Å²) in [7, 11) is -3.02. The van der Waals surface area contributed by atoms with E-state index in [0.717, 1.165) is 19.3 Å². The van der Waals surface area contributed by atoms with Gasteiger partial charge in [0.05, 0.1) is 18.1 Å². The van der Waals surface area contributed by atoms with Gasteiger partial charge in [0.25, 0.3) is 0 Å². The van der Waals surface area contributed by atoms with E-state index >= 15 is 0 Å². The topological polar surface area (TPSA) is 86.5 Å². The number of unbranched alkanes of at least 4 members (excludes halogenated alkanes) is 5. The summed E-state index contributed by atoms with van der Waals surface area (Å²) >= 11 is 0. The lowest BCUT2D eigenvalue weighted by Gasteiger charge is -2.07. The lowest BCUT2D eigenvalue weighted by molar-refractivity contribution is -0.144. The van der Waals surface area contributed by atoms with Crippen LogP contribution in [0.3, 0.4) is 0 Å². The largest absolute Gasteiger partial charge is 0.465 e. The SMILES string of the molecule is CCCCCCCCS(=O)(=O)CCCOC(=O)[C@H](C)N. The van der Waals surface area contributed by atoms with Gasteiger partial charge in [-0.1, -0.05) is 39.0 Å². The molecule has 0 rings (SSSR count). The van der Waals surface area contributed by atoms with Crippen LogP contribution in [0.25, 0.3) is 0 Å². The van der Waals surface area contributed by atoms with Gasteiger partial charge in [0.1, 0.15) is 15.9 Å². The Hall–Kier alpha value is -0.620. The number of sulfone groups is 1. The summed E-state index contributed by atoms with van der Waals surface area (Å²) in [6.45, 7) is 3.82. The second-order valence-corrected chi connectivity index (χ2v) is 7.53. The van der Waals surface area contributed by atoms with Crippen molar-refractivity contribution in [2.75, 3.05) is 18.1 Å². The fourth-order valence-corrected chi connectivity index (χ4v) is 3.19. The Bertz CT molecular complexity index is 352. The highest BCUT2D eigenvalue weighted by Crippen LogP contribution is 2.07. The molecule has 0 radical (unpaired) electrons. The van der Waals surface area contributed by atoms with Crippen LogP contribution in [0.15, 0.2) is 0 Å². The molecule has 120 valence electrons. The Morgan fingerprint density at radius 1 is 1.05 bits per heavy atom. The van der Waals surface area contributed by atoms with E-state index in [9.17, 15) is 13.2 Å². The zero-order valence-electron chi connectivity index (χ0n) is 12.8. The quantitative estimate of drug-likeness (QED) is 0.440. The molecule has 0 aliphatic heterocycles. The highest BCUT2D eigenvalue weighted by molar-refractivity contribution is 7.91. The predicted molar refractivity (Wildman–Crippen MR) is 81.3 cm³/mol. The monoisotopic (exact) mass is 307 g/mol. The summed E-state index contributed by atoms with van der Waals surface area (Å²) in [5, 5.41) is 0. The molecule has 0 saturated carbocycles. The van der Waals surface area contributed by atoms with Crippen LogP contribution in [0, 0.1) is 0 Å². The second-order valence-electron chi connectivity index (χ2n) is 5.23. The summed E-state index contributed by atoms with van der Waals surface area (Å²) in [5.74, 6) is -0.174. The van der Waals surface area contributed by atoms with Crippen molar-refractivity contribution in [3.8, 4) is 0 Å². The molecule has 1 atom stereocenters. The lowest BCUT2D eigenvalue weighted by atomic mass is 10.1. The third kappa shape index (κ3) is 11.2. The summed E-state index contributed by atoms with van der Waals surface area (Å²) < 4.78 is 28.3. The highest BCUT2D eigenvalue weighted by atomic mass is 32.2. The number of hydrogen-bond acceptors (Lipinski definition) is 5. The first kappa shape index (κ1) is 19.4.